The number of nitrogens with zero attached hydrogens (tertiary/aromatic N) is 4. The van der Waals surface area contributed by atoms with Gasteiger partial charge in [0.1, 0.15) is 22.3 Å². The number of thiazole rings is 1. The Morgan fingerprint density at radius 1 is 1.14 bits per heavy atom. The summed E-state index contributed by atoms with van der Waals surface area (Å²) in [7, 11) is 0. The summed E-state index contributed by atoms with van der Waals surface area (Å²) in [6.45, 7) is 5.54. The highest BCUT2D eigenvalue weighted by Crippen LogP contribution is 2.38. The third-order valence-corrected chi connectivity index (χ3v) is 7.50. The van der Waals surface area contributed by atoms with E-state index >= 15 is 0 Å². The lowest BCUT2D eigenvalue weighted by Crippen LogP contribution is -2.47. The smallest absolute Gasteiger partial charge is 0.268 e. The van der Waals surface area contributed by atoms with Crippen LogP contribution in [0.2, 0.25) is 0 Å². The van der Waals surface area contributed by atoms with Crippen LogP contribution in [0.1, 0.15) is 31.7 Å². The van der Waals surface area contributed by atoms with Crippen LogP contribution < -0.4 is 15.0 Å². The van der Waals surface area contributed by atoms with E-state index in [1.54, 1.807) is 18.3 Å². The van der Waals surface area contributed by atoms with Crippen LogP contribution in [0.3, 0.4) is 0 Å². The second-order valence-corrected chi connectivity index (χ2v) is 10.3. The zero-order valence-corrected chi connectivity index (χ0v) is 21.0. The summed E-state index contributed by atoms with van der Waals surface area (Å²) >= 11 is 2.88. The molecule has 1 N–H and O–H groups in total. The number of benzene rings is 2. The lowest BCUT2D eigenvalue weighted by molar-refractivity contribution is -0.127. The Labute approximate surface area is 210 Å². The van der Waals surface area contributed by atoms with Crippen LogP contribution in [-0.4, -0.2) is 39.6 Å². The minimum Gasteiger partial charge on any atom is -0.479 e. The average Bonchev–Trinajstić information content (AvgIpc) is 3.53. The standard InChI is InChI=1S/C25H23N5O3S2/c1-14(2)22-28-29-25(35-22)27-21(31)12-30-19-11-17(9-10-20(19)33-15(3)24(30)32)18-13-34-23(26-18)16-7-5-4-6-8-16/h4-11,13-15H,12H2,1-3H3,(H,27,29,31). The fourth-order valence-electron chi connectivity index (χ4n) is 3.67. The summed E-state index contributed by atoms with van der Waals surface area (Å²) in [5, 5.41) is 15.0. The maximum absolute atomic E-state index is 13.0. The van der Waals surface area contributed by atoms with Gasteiger partial charge in [-0.05, 0) is 25.1 Å². The first-order chi connectivity index (χ1) is 16.9. The largest absolute Gasteiger partial charge is 0.479 e. The van der Waals surface area contributed by atoms with E-state index in [0.717, 1.165) is 26.8 Å². The van der Waals surface area contributed by atoms with Gasteiger partial charge in [0, 0.05) is 22.4 Å². The van der Waals surface area contributed by atoms with Gasteiger partial charge in [-0.2, -0.15) is 0 Å². The van der Waals surface area contributed by atoms with Gasteiger partial charge in [0.15, 0.2) is 6.10 Å². The topological polar surface area (TPSA) is 97.3 Å². The minimum atomic E-state index is -0.695. The quantitative estimate of drug-likeness (QED) is 0.387. The van der Waals surface area contributed by atoms with E-state index in [0.29, 0.717) is 16.6 Å². The molecule has 2 aromatic heterocycles. The second-order valence-electron chi connectivity index (χ2n) is 8.42. The van der Waals surface area contributed by atoms with Crippen LogP contribution in [0.5, 0.6) is 5.75 Å². The van der Waals surface area contributed by atoms with Gasteiger partial charge in [0.05, 0.1) is 11.4 Å². The third-order valence-electron chi connectivity index (χ3n) is 5.47. The predicted molar refractivity (Wildman–Crippen MR) is 138 cm³/mol. The van der Waals surface area contributed by atoms with Crippen molar-refractivity contribution in [2.24, 2.45) is 0 Å². The van der Waals surface area contributed by atoms with E-state index in [1.165, 1.54) is 16.2 Å². The fraction of sp³-hybridized carbons (Fsp3) is 0.240. The maximum atomic E-state index is 13.0. The zero-order chi connectivity index (χ0) is 24.5. The highest BCUT2D eigenvalue weighted by molar-refractivity contribution is 7.15. The van der Waals surface area contributed by atoms with E-state index in [1.807, 2.05) is 67.8 Å². The van der Waals surface area contributed by atoms with Crippen molar-refractivity contribution in [1.29, 1.82) is 0 Å². The molecule has 4 aromatic rings. The summed E-state index contributed by atoms with van der Waals surface area (Å²) in [6, 6.07) is 15.5. The molecule has 10 heteroatoms. The number of ether oxygens (including phenoxy) is 1. The Morgan fingerprint density at radius 2 is 1.94 bits per heavy atom. The van der Waals surface area contributed by atoms with Crippen LogP contribution in [0, 0.1) is 0 Å². The van der Waals surface area contributed by atoms with Crippen molar-refractivity contribution in [1.82, 2.24) is 15.2 Å². The van der Waals surface area contributed by atoms with E-state index < -0.39 is 6.10 Å². The molecule has 0 saturated carbocycles. The highest BCUT2D eigenvalue weighted by Gasteiger charge is 2.33. The molecule has 0 fully saturated rings. The van der Waals surface area contributed by atoms with Crippen molar-refractivity contribution < 1.29 is 14.3 Å². The highest BCUT2D eigenvalue weighted by atomic mass is 32.1. The van der Waals surface area contributed by atoms with Crippen LogP contribution in [0.15, 0.2) is 53.9 Å². The number of carbonyl (C=O) groups excluding carboxylic acids is 2. The monoisotopic (exact) mass is 505 g/mol. The lowest BCUT2D eigenvalue weighted by Gasteiger charge is -2.32. The number of fused-ring (bicyclic) bond motifs is 1. The molecule has 8 nitrogen and oxygen atoms in total. The van der Waals surface area contributed by atoms with E-state index in [-0.39, 0.29) is 24.3 Å². The Bertz CT molecular complexity index is 1380. The normalized spacial score (nSPS) is 15.1. The SMILES string of the molecule is CC1Oc2ccc(-c3csc(-c4ccccc4)n3)cc2N(CC(=O)Nc2nnc(C(C)C)s2)C1=O. The molecule has 1 unspecified atom stereocenters. The first-order valence-electron chi connectivity index (χ1n) is 11.2. The van der Waals surface area contributed by atoms with Crippen LogP contribution in [0.25, 0.3) is 21.8 Å². The van der Waals surface area contributed by atoms with Crippen molar-refractivity contribution in [2.75, 3.05) is 16.8 Å². The lowest BCUT2D eigenvalue weighted by atomic mass is 10.1. The van der Waals surface area contributed by atoms with Crippen LogP contribution >= 0.6 is 22.7 Å². The van der Waals surface area contributed by atoms with Gasteiger partial charge >= 0.3 is 0 Å². The Kier molecular flexibility index (Phi) is 6.31. The summed E-state index contributed by atoms with van der Waals surface area (Å²) in [5.74, 6) is 0.131. The number of amides is 2. The molecule has 2 aromatic carbocycles. The van der Waals surface area contributed by atoms with E-state index in [9.17, 15) is 9.59 Å². The Hall–Kier alpha value is -3.63. The molecule has 0 saturated heterocycles. The van der Waals surface area contributed by atoms with E-state index in [4.69, 9.17) is 9.72 Å². The molecule has 1 atom stereocenters. The van der Waals surface area contributed by atoms with Gasteiger partial charge in [-0.3, -0.25) is 19.8 Å². The maximum Gasteiger partial charge on any atom is 0.268 e. The third kappa shape index (κ3) is 4.80. The van der Waals surface area contributed by atoms with Crippen molar-refractivity contribution in [3.05, 3.63) is 58.9 Å². The molecule has 3 heterocycles. The van der Waals surface area contributed by atoms with Crippen molar-refractivity contribution in [2.45, 2.75) is 32.8 Å². The van der Waals surface area contributed by atoms with Gasteiger partial charge in [0.2, 0.25) is 11.0 Å². The number of hydrogen-bond acceptors (Lipinski definition) is 8. The first-order valence-corrected chi connectivity index (χ1v) is 12.9. The van der Waals surface area contributed by atoms with Crippen molar-refractivity contribution in [3.63, 3.8) is 0 Å². The van der Waals surface area contributed by atoms with Gasteiger partial charge in [-0.15, -0.1) is 21.5 Å². The predicted octanol–water partition coefficient (Wildman–Crippen LogP) is 5.20. The molecule has 35 heavy (non-hydrogen) atoms. The summed E-state index contributed by atoms with van der Waals surface area (Å²) in [5.41, 5.74) is 3.21. The van der Waals surface area contributed by atoms with Crippen LogP contribution in [0.4, 0.5) is 10.8 Å². The molecule has 1 aliphatic rings. The molecule has 0 spiro atoms. The minimum absolute atomic E-state index is 0.161. The number of hydrogen-bond donors (Lipinski definition) is 1. The molecular formula is C25H23N5O3S2. The summed E-state index contributed by atoms with van der Waals surface area (Å²) < 4.78 is 5.81. The number of carbonyl (C=O) groups is 2. The van der Waals surface area contributed by atoms with Gasteiger partial charge in [0.25, 0.3) is 5.91 Å². The van der Waals surface area contributed by atoms with Crippen molar-refractivity contribution in [3.8, 4) is 27.6 Å². The van der Waals surface area contributed by atoms with Gasteiger partial charge in [-0.1, -0.05) is 55.5 Å². The molecular weight excluding hydrogens is 482 g/mol. The van der Waals surface area contributed by atoms with E-state index in [2.05, 4.69) is 15.5 Å². The van der Waals surface area contributed by atoms with Gasteiger partial charge < -0.3 is 4.74 Å². The zero-order valence-electron chi connectivity index (χ0n) is 19.4. The Morgan fingerprint density at radius 3 is 2.69 bits per heavy atom. The summed E-state index contributed by atoms with van der Waals surface area (Å²) in [4.78, 5) is 32.0. The first kappa shape index (κ1) is 23.1. The molecule has 5 rings (SSSR count). The van der Waals surface area contributed by atoms with Crippen molar-refractivity contribution >= 4 is 45.3 Å². The number of rotatable bonds is 6. The van der Waals surface area contributed by atoms with Crippen LogP contribution in [-0.2, 0) is 9.59 Å². The molecule has 178 valence electrons. The second kappa shape index (κ2) is 9.55. The average molecular weight is 506 g/mol. The fourth-order valence-corrected chi connectivity index (χ4v) is 5.27. The molecule has 0 aliphatic carbocycles. The number of nitrogens with one attached hydrogen (secondary N) is 1. The molecule has 1 aliphatic heterocycles. The molecule has 2 amide bonds. The Balaban J connectivity index is 1.40. The van der Waals surface area contributed by atoms with Gasteiger partial charge in [-0.25, -0.2) is 4.98 Å². The number of aromatic nitrogens is 3. The molecule has 0 bridgehead atoms. The molecule has 0 radical (unpaired) electrons. The number of anilines is 2. The summed E-state index contributed by atoms with van der Waals surface area (Å²) in [6.07, 6.45) is -0.695.